The molecule has 92 valence electrons. The molecule has 1 unspecified atom stereocenters. The van der Waals surface area contributed by atoms with Crippen LogP contribution in [-0.4, -0.2) is 0 Å². The fourth-order valence-electron chi connectivity index (χ4n) is 2.74. The van der Waals surface area contributed by atoms with E-state index < -0.39 is 0 Å². The largest absolute Gasteiger partial charge is 0.0837 e. The van der Waals surface area contributed by atoms with Gasteiger partial charge in [-0.3, -0.25) is 0 Å². The Bertz CT molecular complexity index is 239. The van der Waals surface area contributed by atoms with Gasteiger partial charge < -0.3 is 0 Å². The van der Waals surface area contributed by atoms with Crippen LogP contribution in [0.2, 0.25) is 0 Å². The zero-order valence-corrected chi connectivity index (χ0v) is 11.5. The van der Waals surface area contributed by atoms with Crippen LogP contribution in [0.15, 0.2) is 23.8 Å². The molecule has 0 aromatic carbocycles. The standard InChI is InChI=1S/C14H22.C2H6/c1-11-6-8-13(9-7-11)14-5-3-4-12(2)10-14;1-2/h3,5,10-13H,4,6-9H2,1-2H3;1-2H3. The second-order valence-electron chi connectivity index (χ2n) is 5.24. The normalized spacial score (nSPS) is 33.8. The Morgan fingerprint density at radius 3 is 2.19 bits per heavy atom. The van der Waals surface area contributed by atoms with Gasteiger partial charge in [-0.15, -0.1) is 0 Å². The topological polar surface area (TPSA) is 0 Å². The van der Waals surface area contributed by atoms with Crippen LogP contribution >= 0.6 is 0 Å². The van der Waals surface area contributed by atoms with Crippen LogP contribution in [0.25, 0.3) is 0 Å². The van der Waals surface area contributed by atoms with Gasteiger partial charge in [-0.25, -0.2) is 0 Å². The summed E-state index contributed by atoms with van der Waals surface area (Å²) in [4.78, 5) is 0. The maximum absolute atomic E-state index is 2.50. The Kier molecular flexibility index (Phi) is 5.87. The second-order valence-corrected chi connectivity index (χ2v) is 5.24. The lowest BCUT2D eigenvalue weighted by Gasteiger charge is -2.28. The van der Waals surface area contributed by atoms with E-state index in [1.165, 1.54) is 32.1 Å². The van der Waals surface area contributed by atoms with Crippen molar-refractivity contribution in [2.75, 3.05) is 0 Å². The smallest absolute Gasteiger partial charge is 0.0165 e. The SMILES string of the molecule is CC.CC1C=C(C2CCC(C)CC2)C=CC1. The van der Waals surface area contributed by atoms with Gasteiger partial charge in [0.25, 0.3) is 0 Å². The second kappa shape index (κ2) is 6.93. The van der Waals surface area contributed by atoms with Gasteiger partial charge in [-0.1, -0.05) is 58.8 Å². The van der Waals surface area contributed by atoms with Gasteiger partial charge in [0.2, 0.25) is 0 Å². The van der Waals surface area contributed by atoms with Crippen LogP contribution in [0.1, 0.15) is 59.8 Å². The summed E-state index contributed by atoms with van der Waals surface area (Å²) in [6.07, 6.45) is 14.2. The summed E-state index contributed by atoms with van der Waals surface area (Å²) < 4.78 is 0. The van der Waals surface area contributed by atoms with E-state index in [1.54, 1.807) is 5.57 Å². The first-order valence-electron chi connectivity index (χ1n) is 7.14. The molecule has 0 N–H and O–H groups in total. The molecule has 0 bridgehead atoms. The predicted molar refractivity (Wildman–Crippen MR) is 73.5 cm³/mol. The van der Waals surface area contributed by atoms with Crippen LogP contribution in [-0.2, 0) is 0 Å². The Balaban J connectivity index is 0.000000606. The third-order valence-corrected chi connectivity index (χ3v) is 3.78. The molecule has 0 aromatic heterocycles. The molecule has 2 aliphatic rings. The summed E-state index contributed by atoms with van der Waals surface area (Å²) in [6.45, 7) is 8.72. The minimum absolute atomic E-state index is 0.773. The van der Waals surface area contributed by atoms with E-state index in [0.29, 0.717) is 0 Å². The van der Waals surface area contributed by atoms with E-state index in [9.17, 15) is 0 Å². The summed E-state index contributed by atoms with van der Waals surface area (Å²) in [6, 6.07) is 0. The molecule has 0 spiro atoms. The number of hydrogen-bond donors (Lipinski definition) is 0. The minimum atomic E-state index is 0.773. The van der Waals surface area contributed by atoms with Crippen molar-refractivity contribution in [1.29, 1.82) is 0 Å². The van der Waals surface area contributed by atoms with Gasteiger partial charge >= 0.3 is 0 Å². The van der Waals surface area contributed by atoms with Gasteiger partial charge in [-0.2, -0.15) is 0 Å². The van der Waals surface area contributed by atoms with Crippen molar-refractivity contribution in [3.8, 4) is 0 Å². The Morgan fingerprint density at radius 1 is 1.00 bits per heavy atom. The lowest BCUT2D eigenvalue weighted by molar-refractivity contribution is 0.322. The highest BCUT2D eigenvalue weighted by atomic mass is 14.3. The van der Waals surface area contributed by atoms with Crippen molar-refractivity contribution in [1.82, 2.24) is 0 Å². The third-order valence-electron chi connectivity index (χ3n) is 3.78. The molecule has 0 amide bonds. The molecular formula is C16H28. The van der Waals surface area contributed by atoms with Crippen molar-refractivity contribution in [2.24, 2.45) is 17.8 Å². The summed E-state index contributed by atoms with van der Waals surface area (Å²) in [5.41, 5.74) is 1.63. The van der Waals surface area contributed by atoms with Gasteiger partial charge in [0.15, 0.2) is 0 Å². The predicted octanol–water partition coefficient (Wildman–Crippen LogP) is 5.36. The number of hydrogen-bond acceptors (Lipinski definition) is 0. The average molecular weight is 220 g/mol. The van der Waals surface area contributed by atoms with E-state index in [1.807, 2.05) is 13.8 Å². The molecule has 0 saturated heterocycles. The molecule has 1 fully saturated rings. The van der Waals surface area contributed by atoms with E-state index >= 15 is 0 Å². The average Bonchev–Trinajstić information content (AvgIpc) is 2.32. The molecule has 0 heterocycles. The van der Waals surface area contributed by atoms with Crippen molar-refractivity contribution in [2.45, 2.75) is 59.8 Å². The molecule has 0 radical (unpaired) electrons. The molecule has 0 heteroatoms. The van der Waals surface area contributed by atoms with E-state index in [2.05, 4.69) is 32.1 Å². The van der Waals surface area contributed by atoms with Gasteiger partial charge in [0.05, 0.1) is 0 Å². The van der Waals surface area contributed by atoms with Gasteiger partial charge in [-0.05, 0) is 42.6 Å². The summed E-state index contributed by atoms with van der Waals surface area (Å²) in [7, 11) is 0. The van der Waals surface area contributed by atoms with E-state index in [4.69, 9.17) is 0 Å². The quantitative estimate of drug-likeness (QED) is 0.558. The van der Waals surface area contributed by atoms with Gasteiger partial charge in [0.1, 0.15) is 0 Å². The molecule has 0 aliphatic heterocycles. The molecule has 0 nitrogen and oxygen atoms in total. The monoisotopic (exact) mass is 220 g/mol. The summed E-state index contributed by atoms with van der Waals surface area (Å²) in [5.74, 6) is 2.62. The van der Waals surface area contributed by atoms with Crippen molar-refractivity contribution < 1.29 is 0 Å². The fraction of sp³-hybridized carbons (Fsp3) is 0.750. The zero-order valence-electron chi connectivity index (χ0n) is 11.5. The molecule has 16 heavy (non-hydrogen) atoms. The third kappa shape index (κ3) is 3.81. The minimum Gasteiger partial charge on any atom is -0.0837 e. The van der Waals surface area contributed by atoms with Crippen molar-refractivity contribution in [3.63, 3.8) is 0 Å². The number of allylic oxidation sites excluding steroid dienone is 4. The lowest BCUT2D eigenvalue weighted by atomic mass is 9.77. The van der Waals surface area contributed by atoms with Crippen molar-refractivity contribution in [3.05, 3.63) is 23.8 Å². The molecular weight excluding hydrogens is 192 g/mol. The van der Waals surface area contributed by atoms with Crippen molar-refractivity contribution >= 4 is 0 Å². The Hall–Kier alpha value is -0.520. The summed E-state index contributed by atoms with van der Waals surface area (Å²) in [5, 5.41) is 0. The molecule has 2 rings (SSSR count). The van der Waals surface area contributed by atoms with Crippen LogP contribution < -0.4 is 0 Å². The Morgan fingerprint density at radius 2 is 1.62 bits per heavy atom. The van der Waals surface area contributed by atoms with Crippen LogP contribution in [0.4, 0.5) is 0 Å². The maximum Gasteiger partial charge on any atom is -0.0165 e. The fourth-order valence-corrected chi connectivity index (χ4v) is 2.74. The summed E-state index contributed by atoms with van der Waals surface area (Å²) >= 11 is 0. The zero-order chi connectivity index (χ0) is 12.0. The maximum atomic E-state index is 2.50. The number of rotatable bonds is 1. The van der Waals surface area contributed by atoms with E-state index in [-0.39, 0.29) is 0 Å². The first-order chi connectivity index (χ1) is 7.75. The Labute approximate surface area is 102 Å². The first-order valence-corrected chi connectivity index (χ1v) is 7.14. The highest BCUT2D eigenvalue weighted by molar-refractivity contribution is 5.26. The highest BCUT2D eigenvalue weighted by Gasteiger charge is 2.21. The van der Waals surface area contributed by atoms with Crippen LogP contribution in [0.3, 0.4) is 0 Å². The molecule has 1 atom stereocenters. The van der Waals surface area contributed by atoms with Crippen LogP contribution in [0.5, 0.6) is 0 Å². The lowest BCUT2D eigenvalue weighted by Crippen LogP contribution is -2.15. The van der Waals surface area contributed by atoms with Gasteiger partial charge in [0, 0.05) is 0 Å². The first kappa shape index (κ1) is 13.5. The van der Waals surface area contributed by atoms with E-state index in [0.717, 1.165) is 17.8 Å². The molecule has 2 aliphatic carbocycles. The molecule has 1 saturated carbocycles. The molecule has 0 aromatic rings. The highest BCUT2D eigenvalue weighted by Crippen LogP contribution is 2.35. The van der Waals surface area contributed by atoms with Crippen LogP contribution in [0, 0.1) is 17.8 Å².